The van der Waals surface area contributed by atoms with Crippen molar-refractivity contribution in [3.8, 4) is 0 Å². The highest BCUT2D eigenvalue weighted by molar-refractivity contribution is 7.54. The van der Waals surface area contributed by atoms with Crippen LogP contribution in [-0.4, -0.2) is 45.5 Å². The SMILES string of the molecule is C[C@H](OP(=O)(N1CC1)N1CC1)c1ccc([N+](=O)[O-])c(CO)c1. The average molecular weight is 327 g/mol. The summed E-state index contributed by atoms with van der Waals surface area (Å²) in [5, 5.41) is 20.2. The molecule has 3 rings (SSSR count). The molecule has 0 aromatic heterocycles. The zero-order valence-electron chi connectivity index (χ0n) is 12.2. The minimum atomic E-state index is -2.95. The fraction of sp³-hybridized carbons (Fsp3) is 0.538. The predicted molar refractivity (Wildman–Crippen MR) is 79.3 cm³/mol. The summed E-state index contributed by atoms with van der Waals surface area (Å²) in [5.41, 5.74) is 0.767. The minimum absolute atomic E-state index is 0.126. The van der Waals surface area contributed by atoms with Gasteiger partial charge >= 0.3 is 7.67 Å². The molecule has 22 heavy (non-hydrogen) atoms. The van der Waals surface area contributed by atoms with E-state index >= 15 is 0 Å². The molecular weight excluding hydrogens is 309 g/mol. The van der Waals surface area contributed by atoms with Crippen molar-refractivity contribution in [1.29, 1.82) is 0 Å². The first kappa shape index (κ1) is 15.6. The van der Waals surface area contributed by atoms with Gasteiger partial charge in [-0.05, 0) is 24.6 Å². The number of benzene rings is 1. The molecular formula is C13H18N3O5P. The Morgan fingerprint density at radius 2 is 1.95 bits per heavy atom. The third kappa shape index (κ3) is 2.93. The van der Waals surface area contributed by atoms with Crippen LogP contribution in [0.4, 0.5) is 5.69 Å². The first-order valence-corrected chi connectivity index (χ1v) is 8.66. The number of rotatable bonds is 7. The lowest BCUT2D eigenvalue weighted by Crippen LogP contribution is -2.11. The van der Waals surface area contributed by atoms with E-state index in [2.05, 4.69) is 0 Å². The molecule has 1 aromatic rings. The molecule has 8 nitrogen and oxygen atoms in total. The maximum Gasteiger partial charge on any atom is 0.346 e. The average Bonchev–Trinajstić information content (AvgIpc) is 3.37. The lowest BCUT2D eigenvalue weighted by atomic mass is 10.1. The third-order valence-corrected chi connectivity index (χ3v) is 6.62. The Morgan fingerprint density at radius 3 is 2.41 bits per heavy atom. The molecule has 0 unspecified atom stereocenters. The van der Waals surface area contributed by atoms with E-state index in [4.69, 9.17) is 4.52 Å². The van der Waals surface area contributed by atoms with Crippen molar-refractivity contribution in [2.45, 2.75) is 19.6 Å². The summed E-state index contributed by atoms with van der Waals surface area (Å²) in [6, 6.07) is 4.47. The van der Waals surface area contributed by atoms with Gasteiger partial charge in [-0.3, -0.25) is 19.2 Å². The highest BCUT2D eigenvalue weighted by Gasteiger charge is 2.50. The Kier molecular flexibility index (Phi) is 4.05. The van der Waals surface area contributed by atoms with Crippen molar-refractivity contribution in [2.24, 2.45) is 0 Å². The highest BCUT2D eigenvalue weighted by Crippen LogP contribution is 2.63. The number of nitrogens with zero attached hydrogens (tertiary/aromatic N) is 3. The molecule has 9 heteroatoms. The third-order valence-electron chi connectivity index (χ3n) is 3.80. The molecule has 2 fully saturated rings. The first-order chi connectivity index (χ1) is 10.5. The van der Waals surface area contributed by atoms with E-state index in [-0.39, 0.29) is 11.3 Å². The van der Waals surface area contributed by atoms with Gasteiger partial charge in [0.15, 0.2) is 0 Å². The van der Waals surface area contributed by atoms with Gasteiger partial charge in [-0.2, -0.15) is 0 Å². The van der Waals surface area contributed by atoms with Crippen molar-refractivity contribution in [1.82, 2.24) is 9.34 Å². The molecule has 0 aliphatic carbocycles. The molecule has 1 atom stereocenters. The van der Waals surface area contributed by atoms with Crippen molar-refractivity contribution < 1.29 is 19.1 Å². The van der Waals surface area contributed by atoms with Crippen molar-refractivity contribution in [3.63, 3.8) is 0 Å². The van der Waals surface area contributed by atoms with Crippen LogP contribution in [-0.2, 0) is 15.7 Å². The largest absolute Gasteiger partial charge is 0.391 e. The predicted octanol–water partition coefficient (Wildman–Crippen LogP) is 1.90. The number of nitro groups is 1. The number of hydrogen-bond acceptors (Lipinski definition) is 5. The second-order valence-electron chi connectivity index (χ2n) is 5.45. The lowest BCUT2D eigenvalue weighted by Gasteiger charge is -2.24. The van der Waals surface area contributed by atoms with E-state index in [1.807, 2.05) is 9.34 Å². The Balaban J connectivity index is 1.81. The summed E-state index contributed by atoms with van der Waals surface area (Å²) in [7, 11) is -2.95. The Labute approximate surface area is 128 Å². The summed E-state index contributed by atoms with van der Waals surface area (Å²) in [6.45, 7) is 4.41. The number of hydrogen-bond donors (Lipinski definition) is 1. The minimum Gasteiger partial charge on any atom is -0.391 e. The molecule has 1 N–H and O–H groups in total. The molecule has 120 valence electrons. The number of nitro benzene ring substituents is 1. The van der Waals surface area contributed by atoms with Gasteiger partial charge in [-0.1, -0.05) is 0 Å². The summed E-state index contributed by atoms with van der Waals surface area (Å²) in [6.07, 6.45) is -0.474. The molecule has 1 aromatic carbocycles. The van der Waals surface area contributed by atoms with Gasteiger partial charge in [-0.15, -0.1) is 0 Å². The maximum atomic E-state index is 12.9. The van der Waals surface area contributed by atoms with Crippen LogP contribution in [0.3, 0.4) is 0 Å². The summed E-state index contributed by atoms with van der Waals surface area (Å²) in [4.78, 5) is 10.4. The van der Waals surface area contributed by atoms with E-state index in [9.17, 15) is 19.8 Å². The normalized spacial score (nSPS) is 19.9. The molecule has 0 amide bonds. The fourth-order valence-corrected chi connectivity index (χ4v) is 4.68. The summed E-state index contributed by atoms with van der Waals surface area (Å²) < 4.78 is 22.4. The molecule has 0 radical (unpaired) electrons. The highest BCUT2D eigenvalue weighted by atomic mass is 31.2. The van der Waals surface area contributed by atoms with E-state index in [1.54, 1.807) is 13.0 Å². The molecule has 0 saturated carbocycles. The van der Waals surface area contributed by atoms with Crippen LogP contribution in [0.2, 0.25) is 0 Å². The molecule has 2 saturated heterocycles. The second kappa shape index (κ2) is 5.72. The quantitative estimate of drug-likeness (QED) is 0.354. The van der Waals surface area contributed by atoms with E-state index < -0.39 is 25.3 Å². The van der Waals surface area contributed by atoms with Crippen LogP contribution in [0.5, 0.6) is 0 Å². The van der Waals surface area contributed by atoms with Crippen LogP contribution < -0.4 is 0 Å². The monoisotopic (exact) mass is 327 g/mol. The maximum absolute atomic E-state index is 12.9. The molecule has 2 aliphatic rings. The molecule has 2 heterocycles. The van der Waals surface area contributed by atoms with Crippen molar-refractivity contribution in [2.75, 3.05) is 26.2 Å². The van der Waals surface area contributed by atoms with Crippen LogP contribution in [0.15, 0.2) is 18.2 Å². The van der Waals surface area contributed by atoms with Crippen LogP contribution in [0.1, 0.15) is 24.2 Å². The van der Waals surface area contributed by atoms with Gasteiger partial charge in [0.1, 0.15) is 0 Å². The standard InChI is InChI=1S/C13H18N3O5P/c1-10(21-22(20,14-4-5-14)15-6-7-15)11-2-3-13(16(18)19)12(8-11)9-17/h2-3,8,10,17H,4-7,9H2,1H3/t10-/m0/s1. The molecule has 0 spiro atoms. The van der Waals surface area contributed by atoms with Crippen LogP contribution >= 0.6 is 7.67 Å². The van der Waals surface area contributed by atoms with Gasteiger partial charge in [-0.25, -0.2) is 9.34 Å². The first-order valence-electron chi connectivity index (χ1n) is 7.13. The van der Waals surface area contributed by atoms with E-state index in [0.717, 1.165) is 26.2 Å². The van der Waals surface area contributed by atoms with Gasteiger partial charge < -0.3 is 5.11 Å². The van der Waals surface area contributed by atoms with Gasteiger partial charge in [0, 0.05) is 32.2 Å². The van der Waals surface area contributed by atoms with Gasteiger partial charge in [0.05, 0.1) is 23.2 Å². The Bertz CT molecular complexity index is 629. The van der Waals surface area contributed by atoms with Gasteiger partial charge in [0.2, 0.25) is 0 Å². The Hall–Kier alpha value is -1.31. The van der Waals surface area contributed by atoms with E-state index in [1.165, 1.54) is 12.1 Å². The Morgan fingerprint density at radius 1 is 1.36 bits per heavy atom. The van der Waals surface area contributed by atoms with Gasteiger partial charge in [0.25, 0.3) is 5.69 Å². The summed E-state index contributed by atoms with van der Waals surface area (Å²) >= 11 is 0. The lowest BCUT2D eigenvalue weighted by molar-refractivity contribution is -0.385. The zero-order valence-corrected chi connectivity index (χ0v) is 13.1. The van der Waals surface area contributed by atoms with Crippen LogP contribution in [0, 0.1) is 10.1 Å². The molecule has 0 bridgehead atoms. The van der Waals surface area contributed by atoms with Crippen molar-refractivity contribution >= 4 is 13.4 Å². The summed E-state index contributed by atoms with van der Waals surface area (Å²) in [5.74, 6) is 0. The number of aliphatic hydroxyl groups is 1. The second-order valence-corrected chi connectivity index (χ2v) is 7.77. The smallest absolute Gasteiger partial charge is 0.346 e. The zero-order chi connectivity index (χ0) is 15.9. The number of aliphatic hydroxyl groups excluding tert-OH is 1. The fourth-order valence-electron chi connectivity index (χ4n) is 2.34. The topological polar surface area (TPSA) is 95.7 Å². The molecule has 2 aliphatic heterocycles. The van der Waals surface area contributed by atoms with Crippen LogP contribution in [0.25, 0.3) is 0 Å². The van der Waals surface area contributed by atoms with E-state index in [0.29, 0.717) is 5.56 Å². The van der Waals surface area contributed by atoms with Crippen molar-refractivity contribution in [3.05, 3.63) is 39.4 Å².